The number of nitrogens with zero attached hydrogens (tertiary/aromatic N) is 1. The van der Waals surface area contributed by atoms with Crippen molar-refractivity contribution in [2.24, 2.45) is 0 Å². The molecule has 1 fully saturated rings. The summed E-state index contributed by atoms with van der Waals surface area (Å²) in [5.41, 5.74) is 3.07. The van der Waals surface area contributed by atoms with E-state index in [1.165, 1.54) is 30.5 Å². The van der Waals surface area contributed by atoms with Crippen LogP contribution in [-0.4, -0.2) is 24.0 Å². The molecule has 0 spiro atoms. The molecule has 1 atom stereocenters. The van der Waals surface area contributed by atoms with E-state index in [4.69, 9.17) is 0 Å². The Bertz CT molecular complexity index is 521. The third kappa shape index (κ3) is 2.63. The second-order valence-electron chi connectivity index (χ2n) is 6.34. The molecule has 1 aliphatic heterocycles. The van der Waals surface area contributed by atoms with Gasteiger partial charge in [-0.3, -0.25) is 4.90 Å². The molecule has 0 aromatic heterocycles. The topological polar surface area (TPSA) is 3.24 Å². The Hall–Kier alpha value is -1.60. The number of rotatable bonds is 4. The van der Waals surface area contributed by atoms with Gasteiger partial charge in [0.1, 0.15) is 0 Å². The van der Waals surface area contributed by atoms with Crippen molar-refractivity contribution < 1.29 is 0 Å². The number of hydrogen-bond acceptors (Lipinski definition) is 1. The van der Waals surface area contributed by atoms with Crippen LogP contribution in [-0.2, 0) is 5.41 Å². The summed E-state index contributed by atoms with van der Waals surface area (Å²) in [6.07, 6.45) is 2.44. The molecule has 1 unspecified atom stereocenters. The first-order valence-corrected chi connectivity index (χ1v) is 8.11. The average Bonchev–Trinajstić information content (AvgIpc) is 2.88. The molecule has 0 bridgehead atoms. The van der Waals surface area contributed by atoms with Crippen LogP contribution in [0, 0.1) is 0 Å². The van der Waals surface area contributed by atoms with Crippen LogP contribution in [0.2, 0.25) is 0 Å². The highest BCUT2D eigenvalue weighted by atomic mass is 15.2. The van der Waals surface area contributed by atoms with E-state index in [2.05, 4.69) is 79.4 Å². The number of benzene rings is 2. The fourth-order valence-electron chi connectivity index (χ4n) is 3.89. The largest absolute Gasteiger partial charge is 0.299 e. The molecule has 0 N–H and O–H groups in total. The molecule has 2 aromatic rings. The van der Waals surface area contributed by atoms with Gasteiger partial charge in [0.15, 0.2) is 0 Å². The van der Waals surface area contributed by atoms with E-state index in [9.17, 15) is 0 Å². The predicted molar refractivity (Wildman–Crippen MR) is 89.6 cm³/mol. The van der Waals surface area contributed by atoms with Gasteiger partial charge in [0, 0.05) is 18.0 Å². The zero-order chi connectivity index (χ0) is 14.7. The first-order chi connectivity index (χ1) is 10.3. The quantitative estimate of drug-likeness (QED) is 0.797. The molecule has 0 amide bonds. The Kier molecular flexibility index (Phi) is 4.12. The Morgan fingerprint density at radius 3 is 1.95 bits per heavy atom. The molecule has 3 rings (SSSR count). The summed E-state index contributed by atoms with van der Waals surface area (Å²) in [5, 5.41) is 0. The van der Waals surface area contributed by atoms with Crippen molar-refractivity contribution >= 4 is 0 Å². The Morgan fingerprint density at radius 1 is 0.952 bits per heavy atom. The lowest BCUT2D eigenvalue weighted by Gasteiger charge is -2.31. The van der Waals surface area contributed by atoms with Gasteiger partial charge in [0.05, 0.1) is 0 Å². The molecule has 1 aliphatic rings. The van der Waals surface area contributed by atoms with Crippen LogP contribution in [0.25, 0.3) is 0 Å². The monoisotopic (exact) mass is 279 g/mol. The Labute approximate surface area is 128 Å². The lowest BCUT2D eigenvalue weighted by Crippen LogP contribution is -2.33. The van der Waals surface area contributed by atoms with Gasteiger partial charge in [-0.25, -0.2) is 0 Å². The first-order valence-electron chi connectivity index (χ1n) is 8.11. The first kappa shape index (κ1) is 14.3. The van der Waals surface area contributed by atoms with Gasteiger partial charge in [0.25, 0.3) is 0 Å². The average molecular weight is 279 g/mol. The lowest BCUT2D eigenvalue weighted by atomic mass is 9.73. The van der Waals surface area contributed by atoms with Crippen LogP contribution in [0.1, 0.15) is 37.8 Å². The van der Waals surface area contributed by atoms with E-state index in [1.807, 2.05) is 0 Å². The summed E-state index contributed by atoms with van der Waals surface area (Å²) in [6.45, 7) is 6.99. The van der Waals surface area contributed by atoms with Gasteiger partial charge in [-0.1, -0.05) is 67.6 Å². The van der Waals surface area contributed by atoms with Crippen molar-refractivity contribution in [3.8, 4) is 0 Å². The smallest absolute Gasteiger partial charge is 0.0344 e. The van der Waals surface area contributed by atoms with Crippen molar-refractivity contribution in [3.63, 3.8) is 0 Å². The van der Waals surface area contributed by atoms with E-state index >= 15 is 0 Å². The fourth-order valence-corrected chi connectivity index (χ4v) is 3.89. The maximum atomic E-state index is 2.65. The van der Waals surface area contributed by atoms with Crippen molar-refractivity contribution in [1.82, 2.24) is 4.90 Å². The van der Waals surface area contributed by atoms with E-state index in [0.717, 1.165) is 6.54 Å². The SMILES string of the molecule is CCCN1CC(c2ccccc2)(c2ccccc2)CC1C. The Balaban J connectivity index is 2.05. The van der Waals surface area contributed by atoms with Crippen LogP contribution in [0.5, 0.6) is 0 Å². The second kappa shape index (κ2) is 6.03. The number of hydrogen-bond donors (Lipinski definition) is 0. The van der Waals surface area contributed by atoms with Crippen LogP contribution < -0.4 is 0 Å². The van der Waals surface area contributed by atoms with Gasteiger partial charge < -0.3 is 0 Å². The highest BCUT2D eigenvalue weighted by Gasteiger charge is 2.44. The van der Waals surface area contributed by atoms with Crippen LogP contribution in [0.4, 0.5) is 0 Å². The minimum atomic E-state index is 0.150. The van der Waals surface area contributed by atoms with Crippen molar-refractivity contribution in [1.29, 1.82) is 0 Å². The minimum Gasteiger partial charge on any atom is -0.299 e. The van der Waals surface area contributed by atoms with Crippen LogP contribution in [0.15, 0.2) is 60.7 Å². The summed E-state index contributed by atoms with van der Waals surface area (Å²) in [5.74, 6) is 0. The maximum absolute atomic E-state index is 2.65. The van der Waals surface area contributed by atoms with Crippen LogP contribution >= 0.6 is 0 Å². The summed E-state index contributed by atoms with van der Waals surface area (Å²) in [6, 6.07) is 22.8. The van der Waals surface area contributed by atoms with E-state index in [1.54, 1.807) is 0 Å². The zero-order valence-electron chi connectivity index (χ0n) is 13.1. The third-order valence-electron chi connectivity index (χ3n) is 4.90. The predicted octanol–water partition coefficient (Wildman–Crippen LogP) is 4.48. The van der Waals surface area contributed by atoms with Gasteiger partial charge >= 0.3 is 0 Å². The van der Waals surface area contributed by atoms with Crippen LogP contribution in [0.3, 0.4) is 0 Å². The molecule has 0 radical (unpaired) electrons. The molecule has 2 aromatic carbocycles. The normalized spacial score (nSPS) is 21.5. The summed E-state index contributed by atoms with van der Waals surface area (Å²) < 4.78 is 0. The van der Waals surface area contributed by atoms with Crippen molar-refractivity contribution in [2.75, 3.05) is 13.1 Å². The molecule has 0 aliphatic carbocycles. The molecule has 1 nitrogen and oxygen atoms in total. The lowest BCUT2D eigenvalue weighted by molar-refractivity contribution is 0.264. The van der Waals surface area contributed by atoms with E-state index < -0.39 is 0 Å². The van der Waals surface area contributed by atoms with E-state index in [-0.39, 0.29) is 5.41 Å². The summed E-state index contributed by atoms with van der Waals surface area (Å²) >= 11 is 0. The van der Waals surface area contributed by atoms with Gasteiger partial charge in [0.2, 0.25) is 0 Å². The maximum Gasteiger partial charge on any atom is 0.0344 e. The van der Waals surface area contributed by atoms with Crippen molar-refractivity contribution in [3.05, 3.63) is 71.8 Å². The third-order valence-corrected chi connectivity index (χ3v) is 4.90. The zero-order valence-corrected chi connectivity index (χ0v) is 13.1. The highest BCUT2D eigenvalue weighted by Crippen LogP contribution is 2.43. The summed E-state index contributed by atoms with van der Waals surface area (Å²) in [4.78, 5) is 2.65. The molecular formula is C20H25N. The van der Waals surface area contributed by atoms with Crippen molar-refractivity contribution in [2.45, 2.75) is 38.1 Å². The number of likely N-dealkylation sites (tertiary alicyclic amines) is 1. The summed E-state index contributed by atoms with van der Waals surface area (Å²) in [7, 11) is 0. The molecule has 1 saturated heterocycles. The van der Waals surface area contributed by atoms with E-state index in [0.29, 0.717) is 6.04 Å². The molecule has 21 heavy (non-hydrogen) atoms. The molecule has 1 heteroatoms. The Morgan fingerprint density at radius 2 is 1.48 bits per heavy atom. The molecule has 110 valence electrons. The highest BCUT2D eigenvalue weighted by molar-refractivity contribution is 5.41. The minimum absolute atomic E-state index is 0.150. The molecular weight excluding hydrogens is 254 g/mol. The van der Waals surface area contributed by atoms with Gasteiger partial charge in [-0.15, -0.1) is 0 Å². The molecule has 0 saturated carbocycles. The second-order valence-corrected chi connectivity index (χ2v) is 6.34. The standard InChI is InChI=1S/C20H25N/c1-3-14-21-16-20(15-17(21)2,18-10-6-4-7-11-18)19-12-8-5-9-13-19/h4-13,17H,3,14-16H2,1-2H3. The van der Waals surface area contributed by atoms with Gasteiger partial charge in [-0.05, 0) is 37.4 Å². The van der Waals surface area contributed by atoms with Gasteiger partial charge in [-0.2, -0.15) is 0 Å². The molecule has 1 heterocycles. The fraction of sp³-hybridized carbons (Fsp3) is 0.400.